The smallest absolute Gasteiger partial charge is 0.237 e. The van der Waals surface area contributed by atoms with E-state index in [1.54, 1.807) is 0 Å². The molecule has 25 heavy (non-hydrogen) atoms. The normalized spacial score (nSPS) is 25.0. The van der Waals surface area contributed by atoms with Crippen molar-refractivity contribution in [3.63, 3.8) is 0 Å². The lowest BCUT2D eigenvalue weighted by atomic mass is 9.94. The quantitative estimate of drug-likeness (QED) is 0.767. The average Bonchev–Trinajstić information content (AvgIpc) is 3.36. The van der Waals surface area contributed by atoms with Crippen molar-refractivity contribution in [2.75, 3.05) is 32.7 Å². The third-order valence-corrected chi connectivity index (χ3v) is 6.38. The SMILES string of the molecule is CC[C@H](C)CNC(=O)[C@@H](C1CCCC1)N1CCN(C(=O)C2CC2)CC1. The van der Waals surface area contributed by atoms with Crippen LogP contribution in [0, 0.1) is 17.8 Å². The molecule has 2 saturated carbocycles. The Kier molecular flexibility index (Phi) is 6.37. The molecular weight excluding hydrogens is 314 g/mol. The topological polar surface area (TPSA) is 52.7 Å². The van der Waals surface area contributed by atoms with Gasteiger partial charge >= 0.3 is 0 Å². The Bertz CT molecular complexity index is 464. The lowest BCUT2D eigenvalue weighted by Crippen LogP contribution is -2.58. The Hall–Kier alpha value is -1.10. The number of nitrogens with zero attached hydrogens (tertiary/aromatic N) is 2. The van der Waals surface area contributed by atoms with Crippen LogP contribution in [-0.2, 0) is 9.59 Å². The molecule has 0 radical (unpaired) electrons. The molecule has 3 aliphatic rings. The van der Waals surface area contributed by atoms with Crippen LogP contribution in [0.15, 0.2) is 0 Å². The third kappa shape index (κ3) is 4.75. The molecule has 2 atom stereocenters. The van der Waals surface area contributed by atoms with Crippen molar-refractivity contribution in [1.82, 2.24) is 15.1 Å². The first-order valence-corrected chi connectivity index (χ1v) is 10.4. The van der Waals surface area contributed by atoms with Gasteiger partial charge in [0.25, 0.3) is 0 Å². The van der Waals surface area contributed by atoms with Gasteiger partial charge in [0.05, 0.1) is 6.04 Å². The summed E-state index contributed by atoms with van der Waals surface area (Å²) in [4.78, 5) is 29.6. The fourth-order valence-corrected chi connectivity index (χ4v) is 4.28. The van der Waals surface area contributed by atoms with Gasteiger partial charge in [-0.15, -0.1) is 0 Å². The highest BCUT2D eigenvalue weighted by Gasteiger charge is 2.39. The van der Waals surface area contributed by atoms with Gasteiger partial charge in [0.2, 0.25) is 11.8 Å². The van der Waals surface area contributed by atoms with Crippen LogP contribution in [0.2, 0.25) is 0 Å². The number of carbonyl (C=O) groups is 2. The van der Waals surface area contributed by atoms with Gasteiger partial charge in [0.1, 0.15) is 0 Å². The largest absolute Gasteiger partial charge is 0.354 e. The third-order valence-electron chi connectivity index (χ3n) is 6.38. The minimum absolute atomic E-state index is 0.00438. The van der Waals surface area contributed by atoms with Crippen LogP contribution in [0.25, 0.3) is 0 Å². The molecule has 5 heteroatoms. The molecule has 0 aromatic carbocycles. The van der Waals surface area contributed by atoms with Gasteiger partial charge in [-0.2, -0.15) is 0 Å². The monoisotopic (exact) mass is 349 g/mol. The maximum atomic E-state index is 13.0. The van der Waals surface area contributed by atoms with E-state index in [-0.39, 0.29) is 11.9 Å². The van der Waals surface area contributed by atoms with Gasteiger partial charge < -0.3 is 10.2 Å². The molecular formula is C20H35N3O2. The van der Waals surface area contributed by atoms with E-state index >= 15 is 0 Å². The summed E-state index contributed by atoms with van der Waals surface area (Å²) >= 11 is 0. The number of piperazine rings is 1. The van der Waals surface area contributed by atoms with Crippen molar-refractivity contribution in [2.24, 2.45) is 17.8 Å². The van der Waals surface area contributed by atoms with Crippen molar-refractivity contribution in [1.29, 1.82) is 0 Å². The van der Waals surface area contributed by atoms with Crippen LogP contribution in [0.1, 0.15) is 58.8 Å². The first-order valence-electron chi connectivity index (χ1n) is 10.4. The molecule has 0 aromatic rings. The zero-order valence-electron chi connectivity index (χ0n) is 16.0. The molecule has 0 bridgehead atoms. The van der Waals surface area contributed by atoms with Crippen LogP contribution in [0.5, 0.6) is 0 Å². The molecule has 1 N–H and O–H groups in total. The van der Waals surface area contributed by atoms with E-state index in [1.165, 1.54) is 25.7 Å². The molecule has 5 nitrogen and oxygen atoms in total. The summed E-state index contributed by atoms with van der Waals surface area (Å²) in [5.41, 5.74) is 0. The molecule has 3 fully saturated rings. The summed E-state index contributed by atoms with van der Waals surface area (Å²) in [7, 11) is 0. The summed E-state index contributed by atoms with van der Waals surface area (Å²) in [6.07, 6.45) is 8.07. The van der Waals surface area contributed by atoms with Crippen LogP contribution < -0.4 is 5.32 Å². The van der Waals surface area contributed by atoms with Crippen molar-refractivity contribution < 1.29 is 9.59 Å². The molecule has 1 aliphatic heterocycles. The predicted octanol–water partition coefficient (Wildman–Crippen LogP) is 2.26. The van der Waals surface area contributed by atoms with Gasteiger partial charge in [-0.1, -0.05) is 33.1 Å². The number of nitrogens with one attached hydrogen (secondary N) is 1. The van der Waals surface area contributed by atoms with Crippen LogP contribution >= 0.6 is 0 Å². The van der Waals surface area contributed by atoms with Gasteiger partial charge in [-0.25, -0.2) is 0 Å². The van der Waals surface area contributed by atoms with E-state index in [0.29, 0.717) is 23.7 Å². The van der Waals surface area contributed by atoms with Crippen molar-refractivity contribution in [2.45, 2.75) is 64.8 Å². The van der Waals surface area contributed by atoms with E-state index in [1.807, 2.05) is 4.90 Å². The minimum atomic E-state index is 0.00438. The molecule has 1 heterocycles. The molecule has 142 valence electrons. The molecule has 0 unspecified atom stereocenters. The maximum absolute atomic E-state index is 13.0. The molecule has 2 amide bonds. The second kappa shape index (κ2) is 8.52. The lowest BCUT2D eigenvalue weighted by Gasteiger charge is -2.41. The Morgan fingerprint density at radius 3 is 2.24 bits per heavy atom. The fourth-order valence-electron chi connectivity index (χ4n) is 4.28. The number of hydrogen-bond acceptors (Lipinski definition) is 3. The van der Waals surface area contributed by atoms with Gasteiger partial charge in [-0.3, -0.25) is 14.5 Å². The second-order valence-electron chi connectivity index (χ2n) is 8.38. The molecule has 3 rings (SSSR count). The van der Waals surface area contributed by atoms with E-state index in [9.17, 15) is 9.59 Å². The maximum Gasteiger partial charge on any atom is 0.237 e. The van der Waals surface area contributed by atoms with Crippen molar-refractivity contribution in [3.8, 4) is 0 Å². The Balaban J connectivity index is 1.57. The fraction of sp³-hybridized carbons (Fsp3) is 0.900. The lowest BCUT2D eigenvalue weighted by molar-refractivity contribution is -0.136. The highest BCUT2D eigenvalue weighted by Crippen LogP contribution is 2.33. The number of hydrogen-bond donors (Lipinski definition) is 1. The Morgan fingerprint density at radius 2 is 1.68 bits per heavy atom. The summed E-state index contributed by atoms with van der Waals surface area (Å²) in [5, 5.41) is 3.21. The standard InChI is InChI=1S/C20H35N3O2/c1-3-15(2)14-21-19(24)18(16-6-4-5-7-16)22-10-12-23(13-11-22)20(25)17-8-9-17/h15-18H,3-14H2,1-2H3,(H,21,24)/t15-,18+/m0/s1. The van der Waals surface area contributed by atoms with Gasteiger partial charge in [0.15, 0.2) is 0 Å². The summed E-state index contributed by atoms with van der Waals surface area (Å²) < 4.78 is 0. The minimum Gasteiger partial charge on any atom is -0.354 e. The van der Waals surface area contributed by atoms with Crippen molar-refractivity contribution >= 4 is 11.8 Å². The van der Waals surface area contributed by atoms with E-state index in [0.717, 1.165) is 52.0 Å². The zero-order valence-corrected chi connectivity index (χ0v) is 16.0. The summed E-state index contributed by atoms with van der Waals surface area (Å²) in [5.74, 6) is 1.88. The van der Waals surface area contributed by atoms with Crippen LogP contribution in [-0.4, -0.2) is 60.4 Å². The molecule has 0 aromatic heterocycles. The number of carbonyl (C=O) groups excluding carboxylic acids is 2. The zero-order chi connectivity index (χ0) is 17.8. The average molecular weight is 350 g/mol. The molecule has 2 aliphatic carbocycles. The summed E-state index contributed by atoms with van der Waals surface area (Å²) in [6, 6.07) is 0.00438. The van der Waals surface area contributed by atoms with Crippen LogP contribution in [0.3, 0.4) is 0 Å². The Morgan fingerprint density at radius 1 is 1.04 bits per heavy atom. The van der Waals surface area contributed by atoms with Gasteiger partial charge in [0, 0.05) is 38.6 Å². The number of amides is 2. The first-order chi connectivity index (χ1) is 12.1. The highest BCUT2D eigenvalue weighted by atomic mass is 16.2. The Labute approximate surface area is 152 Å². The predicted molar refractivity (Wildman–Crippen MR) is 99.1 cm³/mol. The van der Waals surface area contributed by atoms with E-state index in [4.69, 9.17) is 0 Å². The molecule has 0 spiro atoms. The van der Waals surface area contributed by atoms with Gasteiger partial charge in [-0.05, 0) is 37.5 Å². The highest BCUT2D eigenvalue weighted by molar-refractivity contribution is 5.82. The van der Waals surface area contributed by atoms with E-state index < -0.39 is 0 Å². The number of rotatable bonds is 7. The van der Waals surface area contributed by atoms with E-state index in [2.05, 4.69) is 24.1 Å². The second-order valence-corrected chi connectivity index (χ2v) is 8.38. The van der Waals surface area contributed by atoms with Crippen LogP contribution in [0.4, 0.5) is 0 Å². The molecule has 1 saturated heterocycles. The first kappa shape index (κ1) is 18.7. The summed E-state index contributed by atoms with van der Waals surface area (Å²) in [6.45, 7) is 8.40. The van der Waals surface area contributed by atoms with Crippen molar-refractivity contribution in [3.05, 3.63) is 0 Å².